The van der Waals surface area contributed by atoms with Crippen LogP contribution in [0, 0.1) is 5.92 Å². The highest BCUT2D eigenvalue weighted by Gasteiger charge is 2.30. The minimum Gasteiger partial charge on any atom is -0.496 e. The fourth-order valence-corrected chi connectivity index (χ4v) is 3.87. The number of amides is 2. The Morgan fingerprint density at radius 2 is 1.69 bits per heavy atom. The van der Waals surface area contributed by atoms with Crippen LogP contribution in [0.3, 0.4) is 0 Å². The van der Waals surface area contributed by atoms with Crippen molar-refractivity contribution in [1.82, 2.24) is 4.90 Å². The van der Waals surface area contributed by atoms with E-state index in [1.807, 2.05) is 66.7 Å². The Bertz CT molecular complexity index is 1030. The van der Waals surface area contributed by atoms with Gasteiger partial charge in [-0.15, -0.1) is 0 Å². The number of piperidine rings is 1. The van der Waals surface area contributed by atoms with Gasteiger partial charge in [-0.25, -0.2) is 0 Å². The second kappa shape index (κ2) is 8.35. The molecule has 1 atom stereocenters. The summed E-state index contributed by atoms with van der Waals surface area (Å²) < 4.78 is 5.49. The fourth-order valence-electron chi connectivity index (χ4n) is 3.87. The molecule has 1 aliphatic heterocycles. The summed E-state index contributed by atoms with van der Waals surface area (Å²) in [7, 11) is 1.58. The molecule has 0 aliphatic carbocycles. The van der Waals surface area contributed by atoms with E-state index in [1.165, 1.54) is 0 Å². The van der Waals surface area contributed by atoms with Gasteiger partial charge in [0.05, 0.1) is 18.6 Å². The summed E-state index contributed by atoms with van der Waals surface area (Å²) in [5.74, 6) is 0.202. The number of ether oxygens (including phenoxy) is 1. The first kappa shape index (κ1) is 19.0. The fraction of sp³-hybridized carbons (Fsp3) is 0.250. The SMILES string of the molecule is COc1cc2ccccc2cc1C(=O)N1CCCC(C(=O)Nc2ccccc2)C1. The molecule has 2 amide bonds. The van der Waals surface area contributed by atoms with Gasteiger partial charge in [-0.05, 0) is 47.9 Å². The zero-order valence-corrected chi connectivity index (χ0v) is 16.4. The predicted octanol–water partition coefficient (Wildman–Crippen LogP) is 4.34. The molecule has 148 valence electrons. The summed E-state index contributed by atoms with van der Waals surface area (Å²) >= 11 is 0. The Balaban J connectivity index is 1.53. The van der Waals surface area contributed by atoms with E-state index in [4.69, 9.17) is 4.74 Å². The summed E-state index contributed by atoms with van der Waals surface area (Å²) in [4.78, 5) is 27.7. The Morgan fingerprint density at radius 1 is 1.00 bits per heavy atom. The number of anilines is 1. The van der Waals surface area contributed by atoms with Crippen molar-refractivity contribution in [1.29, 1.82) is 0 Å². The lowest BCUT2D eigenvalue weighted by Gasteiger charge is -2.32. The maximum Gasteiger partial charge on any atom is 0.257 e. The van der Waals surface area contributed by atoms with Gasteiger partial charge in [-0.3, -0.25) is 9.59 Å². The normalized spacial score (nSPS) is 16.4. The van der Waals surface area contributed by atoms with Gasteiger partial charge in [-0.2, -0.15) is 0 Å². The van der Waals surface area contributed by atoms with Crippen LogP contribution < -0.4 is 10.1 Å². The van der Waals surface area contributed by atoms with Gasteiger partial charge < -0.3 is 15.0 Å². The lowest BCUT2D eigenvalue weighted by molar-refractivity contribution is -0.121. The van der Waals surface area contributed by atoms with Crippen molar-refractivity contribution >= 4 is 28.3 Å². The van der Waals surface area contributed by atoms with Gasteiger partial charge in [-0.1, -0.05) is 42.5 Å². The molecule has 3 aromatic carbocycles. The number of rotatable bonds is 4. The van der Waals surface area contributed by atoms with Gasteiger partial charge in [0.1, 0.15) is 5.75 Å². The molecule has 4 rings (SSSR count). The lowest BCUT2D eigenvalue weighted by Crippen LogP contribution is -2.43. The van der Waals surface area contributed by atoms with Crippen LogP contribution >= 0.6 is 0 Å². The molecule has 29 heavy (non-hydrogen) atoms. The maximum atomic E-state index is 13.3. The van der Waals surface area contributed by atoms with Crippen LogP contribution in [0.4, 0.5) is 5.69 Å². The summed E-state index contributed by atoms with van der Waals surface area (Å²) in [6.07, 6.45) is 1.58. The summed E-state index contributed by atoms with van der Waals surface area (Å²) in [5, 5.41) is 4.98. The molecule has 1 unspecified atom stereocenters. The lowest BCUT2D eigenvalue weighted by atomic mass is 9.96. The van der Waals surface area contributed by atoms with Crippen LogP contribution in [0.15, 0.2) is 66.7 Å². The number of benzene rings is 3. The highest BCUT2D eigenvalue weighted by atomic mass is 16.5. The third kappa shape index (κ3) is 4.09. The van der Waals surface area contributed by atoms with Crippen molar-refractivity contribution in [3.05, 3.63) is 72.3 Å². The first-order valence-electron chi connectivity index (χ1n) is 9.87. The van der Waals surface area contributed by atoms with E-state index in [9.17, 15) is 9.59 Å². The van der Waals surface area contributed by atoms with Crippen LogP contribution in [0.2, 0.25) is 0 Å². The summed E-state index contributed by atoms with van der Waals surface area (Å²) in [6, 6.07) is 21.1. The van der Waals surface area contributed by atoms with Gasteiger partial charge in [0, 0.05) is 18.8 Å². The average Bonchev–Trinajstić information content (AvgIpc) is 2.78. The van der Waals surface area contributed by atoms with Gasteiger partial charge >= 0.3 is 0 Å². The molecule has 0 bridgehead atoms. The van der Waals surface area contributed by atoms with Crippen LogP contribution in [0.25, 0.3) is 10.8 Å². The second-order valence-corrected chi connectivity index (χ2v) is 7.35. The first-order valence-corrected chi connectivity index (χ1v) is 9.87. The van der Waals surface area contributed by atoms with Crippen molar-refractivity contribution in [3.8, 4) is 5.75 Å². The van der Waals surface area contributed by atoms with Crippen molar-refractivity contribution < 1.29 is 14.3 Å². The van der Waals surface area contributed by atoms with Crippen molar-refractivity contribution in [2.24, 2.45) is 5.92 Å². The summed E-state index contributed by atoms with van der Waals surface area (Å²) in [5.41, 5.74) is 1.31. The number of hydrogen-bond acceptors (Lipinski definition) is 3. The number of likely N-dealkylation sites (tertiary alicyclic amines) is 1. The van der Waals surface area contributed by atoms with Gasteiger partial charge in [0.2, 0.25) is 5.91 Å². The zero-order valence-electron chi connectivity index (χ0n) is 16.4. The van der Waals surface area contributed by atoms with Gasteiger partial charge in [0.25, 0.3) is 5.91 Å². The highest BCUT2D eigenvalue weighted by molar-refractivity contribution is 6.02. The molecule has 0 saturated carbocycles. The second-order valence-electron chi connectivity index (χ2n) is 7.35. The molecule has 0 radical (unpaired) electrons. The quantitative estimate of drug-likeness (QED) is 0.723. The monoisotopic (exact) mass is 388 g/mol. The number of carbonyl (C=O) groups excluding carboxylic acids is 2. The minimum atomic E-state index is -0.223. The number of para-hydroxylation sites is 1. The first-order chi connectivity index (χ1) is 14.2. The molecule has 5 heteroatoms. The number of carbonyl (C=O) groups is 2. The highest BCUT2D eigenvalue weighted by Crippen LogP contribution is 2.29. The number of fused-ring (bicyclic) bond motifs is 1. The van der Waals surface area contributed by atoms with Crippen molar-refractivity contribution in [2.45, 2.75) is 12.8 Å². The molecule has 1 aliphatic rings. The Hall–Kier alpha value is -3.34. The van der Waals surface area contributed by atoms with Crippen LogP contribution in [-0.4, -0.2) is 36.9 Å². The number of hydrogen-bond donors (Lipinski definition) is 1. The Labute approximate surface area is 170 Å². The van der Waals surface area contributed by atoms with E-state index in [0.717, 1.165) is 29.3 Å². The topological polar surface area (TPSA) is 58.6 Å². The van der Waals surface area contributed by atoms with Crippen LogP contribution in [-0.2, 0) is 4.79 Å². The van der Waals surface area contributed by atoms with E-state index in [1.54, 1.807) is 12.0 Å². The maximum absolute atomic E-state index is 13.3. The molecule has 3 aromatic rings. The Morgan fingerprint density at radius 3 is 2.41 bits per heavy atom. The van der Waals surface area contributed by atoms with E-state index in [2.05, 4.69) is 5.32 Å². The average molecular weight is 388 g/mol. The van der Waals surface area contributed by atoms with E-state index in [-0.39, 0.29) is 17.7 Å². The summed E-state index contributed by atoms with van der Waals surface area (Å²) in [6.45, 7) is 1.05. The van der Waals surface area contributed by atoms with E-state index < -0.39 is 0 Å². The minimum absolute atomic E-state index is 0.0424. The van der Waals surface area contributed by atoms with Crippen LogP contribution in [0.5, 0.6) is 5.75 Å². The zero-order chi connectivity index (χ0) is 20.2. The number of methoxy groups -OCH3 is 1. The molecule has 0 aromatic heterocycles. The van der Waals surface area contributed by atoms with Crippen molar-refractivity contribution in [3.63, 3.8) is 0 Å². The van der Waals surface area contributed by atoms with Gasteiger partial charge in [0.15, 0.2) is 0 Å². The number of nitrogens with one attached hydrogen (secondary N) is 1. The molecule has 5 nitrogen and oxygen atoms in total. The molecule has 1 heterocycles. The molecular weight excluding hydrogens is 364 g/mol. The largest absolute Gasteiger partial charge is 0.496 e. The standard InChI is InChI=1S/C24H24N2O3/c1-29-22-15-18-9-6-5-8-17(18)14-21(22)24(28)26-13-7-10-19(16-26)23(27)25-20-11-3-2-4-12-20/h2-6,8-9,11-12,14-15,19H,7,10,13,16H2,1H3,(H,25,27). The molecular formula is C24H24N2O3. The third-order valence-electron chi connectivity index (χ3n) is 5.42. The predicted molar refractivity (Wildman–Crippen MR) is 114 cm³/mol. The Kier molecular flexibility index (Phi) is 5.47. The third-order valence-corrected chi connectivity index (χ3v) is 5.42. The molecule has 1 fully saturated rings. The van der Waals surface area contributed by atoms with Crippen LogP contribution in [0.1, 0.15) is 23.2 Å². The smallest absolute Gasteiger partial charge is 0.257 e. The molecule has 0 spiro atoms. The van der Waals surface area contributed by atoms with E-state index >= 15 is 0 Å². The molecule has 1 saturated heterocycles. The van der Waals surface area contributed by atoms with Crippen molar-refractivity contribution in [2.75, 3.05) is 25.5 Å². The number of nitrogens with zero attached hydrogens (tertiary/aromatic N) is 1. The molecule has 1 N–H and O–H groups in total. The van der Waals surface area contributed by atoms with E-state index in [0.29, 0.717) is 24.4 Å².